The fourth-order valence-electron chi connectivity index (χ4n) is 3.63. The number of hydrogen-bond donors (Lipinski definition) is 2. The molecule has 0 bridgehead atoms. The second-order valence-corrected chi connectivity index (χ2v) is 9.82. The highest BCUT2D eigenvalue weighted by Crippen LogP contribution is 2.24. The van der Waals surface area contributed by atoms with E-state index in [1.807, 2.05) is 5.38 Å². The Morgan fingerprint density at radius 2 is 2.03 bits per heavy atom. The highest BCUT2D eigenvalue weighted by Gasteiger charge is 2.35. The summed E-state index contributed by atoms with van der Waals surface area (Å²) in [4.78, 5) is 31.9. The molecule has 0 unspecified atom stereocenters. The van der Waals surface area contributed by atoms with Gasteiger partial charge in [-0.2, -0.15) is 0 Å². The summed E-state index contributed by atoms with van der Waals surface area (Å²) >= 11 is 1.35. The summed E-state index contributed by atoms with van der Waals surface area (Å²) in [6.07, 6.45) is 2.75. The maximum Gasteiger partial charge on any atom is 0.264 e. The van der Waals surface area contributed by atoms with Crippen LogP contribution in [-0.4, -0.2) is 50.1 Å². The minimum Gasteiger partial charge on any atom is -0.326 e. The highest BCUT2D eigenvalue weighted by atomic mass is 32.2. The molecule has 0 radical (unpaired) electrons. The number of thiophene rings is 1. The van der Waals surface area contributed by atoms with Crippen LogP contribution in [0.5, 0.6) is 0 Å². The smallest absolute Gasteiger partial charge is 0.264 e. The van der Waals surface area contributed by atoms with Gasteiger partial charge in [-0.05, 0) is 48.9 Å². The van der Waals surface area contributed by atoms with Crippen LogP contribution in [0.4, 0.5) is 5.69 Å². The number of carbonyl (C=O) groups excluding carboxylic acids is 2. The third-order valence-corrected chi connectivity index (χ3v) is 7.32. The van der Waals surface area contributed by atoms with Crippen molar-refractivity contribution in [2.75, 3.05) is 18.4 Å². The zero-order chi connectivity index (χ0) is 21.1. The van der Waals surface area contributed by atoms with Crippen molar-refractivity contribution in [1.29, 1.82) is 0 Å². The van der Waals surface area contributed by atoms with E-state index in [0.29, 0.717) is 42.3 Å². The van der Waals surface area contributed by atoms with Crippen LogP contribution < -0.4 is 10.0 Å². The maximum absolute atomic E-state index is 12.9. The lowest BCUT2D eigenvalue weighted by Crippen LogP contribution is -2.43. The maximum atomic E-state index is 12.9. The molecule has 1 saturated heterocycles. The molecule has 1 aromatic heterocycles. The fraction of sp³-hybridized carbons (Fsp3) is 0.350. The first-order valence-electron chi connectivity index (χ1n) is 9.75. The van der Waals surface area contributed by atoms with E-state index in [4.69, 9.17) is 0 Å². The minimum atomic E-state index is -3.77. The standard InChI is InChI=1S/C20H22N4O4S2/c25-19(16-7-3-11-24(16)20(26)17-8-4-12-29-17)22-14-5-1-6-15(13-14)30(27,28)23-18-9-2-10-21-18/h1,4-6,8,12-13,16H,2-3,7,9-11H2,(H,21,23)(H,22,25)/t16-/m0/s1. The zero-order valence-electron chi connectivity index (χ0n) is 16.2. The van der Waals surface area contributed by atoms with Gasteiger partial charge in [0, 0.05) is 25.2 Å². The van der Waals surface area contributed by atoms with E-state index in [1.54, 1.807) is 29.2 Å². The van der Waals surface area contributed by atoms with Gasteiger partial charge in [-0.3, -0.25) is 19.3 Å². The number of nitrogens with one attached hydrogen (secondary N) is 2. The summed E-state index contributed by atoms with van der Waals surface area (Å²) in [6, 6.07) is 9.06. The molecule has 8 nitrogen and oxygen atoms in total. The first-order valence-corrected chi connectivity index (χ1v) is 12.1. The molecule has 0 spiro atoms. The van der Waals surface area contributed by atoms with Gasteiger partial charge in [0.15, 0.2) is 0 Å². The third-order valence-electron chi connectivity index (χ3n) is 5.09. The number of nitrogens with zero attached hydrogens (tertiary/aromatic N) is 2. The average molecular weight is 447 g/mol. The third kappa shape index (κ3) is 4.39. The number of benzene rings is 1. The number of hydrogen-bond acceptors (Lipinski definition) is 6. The van der Waals surface area contributed by atoms with Crippen molar-refractivity contribution in [3.05, 3.63) is 46.7 Å². The van der Waals surface area contributed by atoms with E-state index in [1.165, 1.54) is 23.5 Å². The normalized spacial score (nSPS) is 18.9. The van der Waals surface area contributed by atoms with E-state index in [0.717, 1.165) is 12.8 Å². The van der Waals surface area contributed by atoms with Crippen LogP contribution in [0.15, 0.2) is 51.7 Å². The summed E-state index contributed by atoms with van der Waals surface area (Å²) in [7, 11) is -3.77. The molecule has 2 N–H and O–H groups in total. The van der Waals surface area contributed by atoms with Crippen molar-refractivity contribution in [1.82, 2.24) is 9.62 Å². The highest BCUT2D eigenvalue weighted by molar-refractivity contribution is 7.90. The molecule has 4 rings (SSSR count). The predicted octanol–water partition coefficient (Wildman–Crippen LogP) is 2.46. The minimum absolute atomic E-state index is 0.0489. The Kier molecular flexibility index (Phi) is 5.87. The number of aliphatic imine (C=N–C) groups is 1. The van der Waals surface area contributed by atoms with Crippen molar-refractivity contribution in [2.45, 2.75) is 36.6 Å². The number of carbonyl (C=O) groups is 2. The Balaban J connectivity index is 1.47. The summed E-state index contributed by atoms with van der Waals surface area (Å²) in [5.74, 6) is -0.0151. The summed E-state index contributed by atoms with van der Waals surface area (Å²) in [6.45, 7) is 1.14. The van der Waals surface area contributed by atoms with E-state index in [2.05, 4.69) is 15.0 Å². The van der Waals surface area contributed by atoms with Crippen molar-refractivity contribution < 1.29 is 18.0 Å². The molecule has 0 aliphatic carbocycles. The van der Waals surface area contributed by atoms with Gasteiger partial charge in [-0.1, -0.05) is 12.1 Å². The predicted molar refractivity (Wildman–Crippen MR) is 115 cm³/mol. The molecule has 2 aliphatic rings. The fourth-order valence-corrected chi connectivity index (χ4v) is 5.44. The van der Waals surface area contributed by atoms with Gasteiger partial charge in [-0.25, -0.2) is 8.42 Å². The van der Waals surface area contributed by atoms with Gasteiger partial charge in [-0.15, -0.1) is 11.3 Å². The van der Waals surface area contributed by atoms with Gasteiger partial charge >= 0.3 is 0 Å². The van der Waals surface area contributed by atoms with Crippen LogP contribution in [0, 0.1) is 0 Å². The Morgan fingerprint density at radius 1 is 1.17 bits per heavy atom. The van der Waals surface area contributed by atoms with Crippen LogP contribution in [0.25, 0.3) is 0 Å². The van der Waals surface area contributed by atoms with Crippen LogP contribution in [0.1, 0.15) is 35.4 Å². The largest absolute Gasteiger partial charge is 0.326 e. The Morgan fingerprint density at radius 3 is 2.77 bits per heavy atom. The number of amides is 2. The molecule has 1 atom stereocenters. The molecular weight excluding hydrogens is 424 g/mol. The molecule has 30 heavy (non-hydrogen) atoms. The summed E-state index contributed by atoms with van der Waals surface area (Å²) in [5.41, 5.74) is 0.367. The second kappa shape index (κ2) is 8.57. The van der Waals surface area contributed by atoms with Crippen molar-refractivity contribution >= 4 is 44.7 Å². The van der Waals surface area contributed by atoms with Crippen LogP contribution in [0.2, 0.25) is 0 Å². The van der Waals surface area contributed by atoms with Crippen molar-refractivity contribution in [3.8, 4) is 0 Å². The Bertz CT molecular complexity index is 1080. The SMILES string of the molecule is O=C(Nc1cccc(S(=O)(=O)NC2=NCCC2)c1)[C@@H]1CCCN1C(=O)c1cccs1. The number of anilines is 1. The lowest BCUT2D eigenvalue weighted by Gasteiger charge is -2.23. The Hall–Kier alpha value is -2.72. The monoisotopic (exact) mass is 446 g/mol. The number of likely N-dealkylation sites (tertiary alicyclic amines) is 1. The first kappa shape index (κ1) is 20.5. The topological polar surface area (TPSA) is 108 Å². The summed E-state index contributed by atoms with van der Waals surface area (Å²) < 4.78 is 27.7. The molecule has 158 valence electrons. The number of rotatable bonds is 5. The van der Waals surface area contributed by atoms with E-state index in [-0.39, 0.29) is 16.7 Å². The van der Waals surface area contributed by atoms with Gasteiger partial charge in [0.1, 0.15) is 11.9 Å². The number of sulfonamides is 1. The summed E-state index contributed by atoms with van der Waals surface area (Å²) in [5, 5.41) is 4.60. The van der Waals surface area contributed by atoms with Gasteiger partial charge in [0.2, 0.25) is 5.91 Å². The zero-order valence-corrected chi connectivity index (χ0v) is 17.8. The molecule has 3 heterocycles. The molecule has 2 aromatic rings. The van der Waals surface area contributed by atoms with Gasteiger partial charge in [0.25, 0.3) is 15.9 Å². The molecule has 2 aliphatic heterocycles. The molecular formula is C20H22N4O4S2. The first-order chi connectivity index (χ1) is 14.4. The van der Waals surface area contributed by atoms with E-state index >= 15 is 0 Å². The quantitative estimate of drug-likeness (QED) is 0.735. The number of amidine groups is 1. The van der Waals surface area contributed by atoms with Crippen molar-refractivity contribution in [3.63, 3.8) is 0 Å². The van der Waals surface area contributed by atoms with Crippen LogP contribution >= 0.6 is 11.3 Å². The molecule has 1 aromatic carbocycles. The molecule has 0 saturated carbocycles. The van der Waals surface area contributed by atoms with Crippen LogP contribution in [0.3, 0.4) is 0 Å². The molecule has 1 fully saturated rings. The lowest BCUT2D eigenvalue weighted by atomic mass is 10.2. The second-order valence-electron chi connectivity index (χ2n) is 7.19. The van der Waals surface area contributed by atoms with E-state index in [9.17, 15) is 18.0 Å². The van der Waals surface area contributed by atoms with Gasteiger partial charge < -0.3 is 10.2 Å². The average Bonchev–Trinajstić information content (AvgIpc) is 3.49. The molecule has 2 amide bonds. The van der Waals surface area contributed by atoms with Crippen molar-refractivity contribution in [2.24, 2.45) is 4.99 Å². The molecule has 10 heteroatoms. The van der Waals surface area contributed by atoms with Gasteiger partial charge in [0.05, 0.1) is 9.77 Å². The lowest BCUT2D eigenvalue weighted by molar-refractivity contribution is -0.119. The van der Waals surface area contributed by atoms with Crippen LogP contribution in [-0.2, 0) is 14.8 Å². The van der Waals surface area contributed by atoms with E-state index < -0.39 is 16.1 Å². The Labute approximate surface area is 179 Å².